The molecule has 0 unspecified atom stereocenters. The zero-order valence-electron chi connectivity index (χ0n) is 12.7. The van der Waals surface area contributed by atoms with Crippen LogP contribution in [0.1, 0.15) is 32.2 Å². The van der Waals surface area contributed by atoms with Crippen molar-refractivity contribution in [3.63, 3.8) is 0 Å². The molecule has 2 rings (SSSR count). The van der Waals surface area contributed by atoms with Gasteiger partial charge in [0.1, 0.15) is 17.4 Å². The molecule has 2 N–H and O–H groups in total. The van der Waals surface area contributed by atoms with E-state index in [-0.39, 0.29) is 5.41 Å². The molecule has 1 aromatic heterocycles. The Morgan fingerprint density at radius 1 is 1.10 bits per heavy atom. The zero-order chi connectivity index (χ0) is 14.9. The van der Waals surface area contributed by atoms with Crippen LogP contribution in [0.4, 0.5) is 5.82 Å². The normalized spacial score (nSPS) is 11.4. The lowest BCUT2D eigenvalue weighted by molar-refractivity contribution is 0.416. The van der Waals surface area contributed by atoms with Crippen LogP contribution in [0.5, 0.6) is 5.75 Å². The van der Waals surface area contributed by atoms with Crippen LogP contribution < -0.4 is 10.5 Å². The van der Waals surface area contributed by atoms with Gasteiger partial charge in [-0.15, -0.1) is 0 Å². The van der Waals surface area contributed by atoms with Crippen LogP contribution in [0.2, 0.25) is 0 Å². The SMILES string of the molecule is COc1ccccc1-c1nc(C(C)(C)C)nc(N)c1C. The summed E-state index contributed by atoms with van der Waals surface area (Å²) in [5, 5.41) is 0. The number of aromatic nitrogens is 2. The van der Waals surface area contributed by atoms with Crippen molar-refractivity contribution in [3.8, 4) is 17.0 Å². The molecule has 0 saturated carbocycles. The largest absolute Gasteiger partial charge is 0.496 e. The number of rotatable bonds is 2. The van der Waals surface area contributed by atoms with Gasteiger partial charge in [-0.2, -0.15) is 0 Å². The number of para-hydroxylation sites is 1. The summed E-state index contributed by atoms with van der Waals surface area (Å²) in [6.45, 7) is 8.15. The quantitative estimate of drug-likeness (QED) is 0.910. The van der Waals surface area contributed by atoms with Crippen LogP contribution in [0, 0.1) is 6.92 Å². The van der Waals surface area contributed by atoms with E-state index in [2.05, 4.69) is 25.8 Å². The molecule has 4 heteroatoms. The third kappa shape index (κ3) is 2.59. The lowest BCUT2D eigenvalue weighted by Gasteiger charge is -2.20. The highest BCUT2D eigenvalue weighted by atomic mass is 16.5. The van der Waals surface area contributed by atoms with E-state index in [4.69, 9.17) is 15.5 Å². The Hall–Kier alpha value is -2.10. The Kier molecular flexibility index (Phi) is 3.66. The minimum atomic E-state index is -0.154. The molecular formula is C16H21N3O. The predicted molar refractivity (Wildman–Crippen MR) is 81.9 cm³/mol. The van der Waals surface area contributed by atoms with Crippen molar-refractivity contribution >= 4 is 5.82 Å². The second-order valence-corrected chi connectivity index (χ2v) is 5.86. The first-order valence-corrected chi connectivity index (χ1v) is 6.62. The van der Waals surface area contributed by atoms with E-state index in [1.165, 1.54) is 0 Å². The molecule has 106 valence electrons. The smallest absolute Gasteiger partial charge is 0.136 e. The standard InChI is InChI=1S/C16H21N3O/c1-10-13(11-8-6-7-9-12(11)20-5)18-15(16(2,3)4)19-14(10)17/h6-9H,1-5H3,(H2,17,18,19). The maximum atomic E-state index is 6.06. The first kappa shape index (κ1) is 14.3. The maximum absolute atomic E-state index is 6.06. The fraction of sp³-hybridized carbons (Fsp3) is 0.375. The molecule has 0 radical (unpaired) electrons. The van der Waals surface area contributed by atoms with Gasteiger partial charge < -0.3 is 10.5 Å². The van der Waals surface area contributed by atoms with Gasteiger partial charge in [0.25, 0.3) is 0 Å². The van der Waals surface area contributed by atoms with Gasteiger partial charge in [0, 0.05) is 16.5 Å². The number of nitrogens with zero attached hydrogens (tertiary/aromatic N) is 2. The Labute approximate surface area is 120 Å². The van der Waals surface area contributed by atoms with E-state index in [9.17, 15) is 0 Å². The van der Waals surface area contributed by atoms with E-state index >= 15 is 0 Å². The Morgan fingerprint density at radius 3 is 2.35 bits per heavy atom. The molecule has 2 aromatic rings. The van der Waals surface area contributed by atoms with Gasteiger partial charge in [-0.25, -0.2) is 9.97 Å². The summed E-state index contributed by atoms with van der Waals surface area (Å²) in [6.07, 6.45) is 0. The number of methoxy groups -OCH3 is 1. The minimum Gasteiger partial charge on any atom is -0.496 e. The summed E-state index contributed by atoms with van der Waals surface area (Å²) < 4.78 is 5.42. The Balaban J connectivity index is 2.70. The second kappa shape index (κ2) is 5.12. The fourth-order valence-corrected chi connectivity index (χ4v) is 1.97. The number of nitrogen functional groups attached to an aromatic ring is 1. The lowest BCUT2D eigenvalue weighted by atomic mass is 9.94. The molecule has 0 spiro atoms. The molecule has 1 heterocycles. The average Bonchev–Trinajstić information content (AvgIpc) is 2.40. The van der Waals surface area contributed by atoms with Gasteiger partial charge in [0.05, 0.1) is 12.8 Å². The van der Waals surface area contributed by atoms with Gasteiger partial charge in [-0.1, -0.05) is 32.9 Å². The van der Waals surface area contributed by atoms with Crippen LogP contribution in [0.15, 0.2) is 24.3 Å². The highest BCUT2D eigenvalue weighted by Crippen LogP contribution is 2.33. The molecule has 0 aliphatic rings. The number of hydrogen-bond acceptors (Lipinski definition) is 4. The summed E-state index contributed by atoms with van der Waals surface area (Å²) in [5.74, 6) is 2.04. The van der Waals surface area contributed by atoms with Gasteiger partial charge in [0.2, 0.25) is 0 Å². The third-order valence-electron chi connectivity index (χ3n) is 3.22. The van der Waals surface area contributed by atoms with Crippen LogP contribution in [-0.4, -0.2) is 17.1 Å². The number of nitrogens with two attached hydrogens (primary N) is 1. The highest BCUT2D eigenvalue weighted by molar-refractivity contribution is 5.72. The first-order chi connectivity index (χ1) is 9.34. The summed E-state index contributed by atoms with van der Waals surface area (Å²) in [7, 11) is 1.66. The molecule has 20 heavy (non-hydrogen) atoms. The number of hydrogen-bond donors (Lipinski definition) is 1. The van der Waals surface area contributed by atoms with Crippen molar-refractivity contribution in [1.82, 2.24) is 9.97 Å². The average molecular weight is 271 g/mol. The van der Waals surface area contributed by atoms with E-state index in [1.807, 2.05) is 31.2 Å². The molecule has 0 amide bonds. The Morgan fingerprint density at radius 2 is 1.75 bits per heavy atom. The highest BCUT2D eigenvalue weighted by Gasteiger charge is 2.21. The molecule has 0 atom stereocenters. The van der Waals surface area contributed by atoms with Crippen LogP contribution in [-0.2, 0) is 5.41 Å². The van der Waals surface area contributed by atoms with Gasteiger partial charge >= 0.3 is 0 Å². The fourth-order valence-electron chi connectivity index (χ4n) is 1.97. The number of ether oxygens (including phenoxy) is 1. The van der Waals surface area contributed by atoms with Gasteiger partial charge in [-0.05, 0) is 19.1 Å². The predicted octanol–water partition coefficient (Wildman–Crippen LogP) is 3.34. The molecule has 1 aromatic carbocycles. The maximum Gasteiger partial charge on any atom is 0.136 e. The van der Waals surface area contributed by atoms with Crippen molar-refractivity contribution in [2.24, 2.45) is 0 Å². The van der Waals surface area contributed by atoms with Gasteiger partial charge in [0.15, 0.2) is 0 Å². The van der Waals surface area contributed by atoms with Crippen molar-refractivity contribution in [2.75, 3.05) is 12.8 Å². The van der Waals surface area contributed by atoms with E-state index in [1.54, 1.807) is 7.11 Å². The van der Waals surface area contributed by atoms with Gasteiger partial charge in [-0.3, -0.25) is 0 Å². The van der Waals surface area contributed by atoms with E-state index in [0.717, 1.165) is 28.4 Å². The van der Waals surface area contributed by atoms with Crippen molar-refractivity contribution in [2.45, 2.75) is 33.1 Å². The molecule has 0 aliphatic heterocycles. The zero-order valence-corrected chi connectivity index (χ0v) is 12.7. The lowest BCUT2D eigenvalue weighted by Crippen LogP contribution is -2.18. The summed E-state index contributed by atoms with van der Waals surface area (Å²) in [4.78, 5) is 9.12. The van der Waals surface area contributed by atoms with E-state index < -0.39 is 0 Å². The molecule has 0 fully saturated rings. The molecule has 0 bridgehead atoms. The molecule has 4 nitrogen and oxygen atoms in total. The summed E-state index contributed by atoms with van der Waals surface area (Å²) >= 11 is 0. The number of anilines is 1. The monoisotopic (exact) mass is 271 g/mol. The number of benzene rings is 1. The van der Waals surface area contributed by atoms with Crippen molar-refractivity contribution in [3.05, 3.63) is 35.7 Å². The third-order valence-corrected chi connectivity index (χ3v) is 3.22. The minimum absolute atomic E-state index is 0.154. The van der Waals surface area contributed by atoms with Crippen molar-refractivity contribution in [1.29, 1.82) is 0 Å². The summed E-state index contributed by atoms with van der Waals surface area (Å²) in [5.41, 5.74) is 8.55. The molecule has 0 aliphatic carbocycles. The summed E-state index contributed by atoms with van der Waals surface area (Å²) in [6, 6.07) is 7.81. The van der Waals surface area contributed by atoms with Crippen LogP contribution in [0.25, 0.3) is 11.3 Å². The Bertz CT molecular complexity index is 630. The van der Waals surface area contributed by atoms with E-state index in [0.29, 0.717) is 5.82 Å². The topological polar surface area (TPSA) is 61.0 Å². The molecule has 0 saturated heterocycles. The first-order valence-electron chi connectivity index (χ1n) is 6.62. The second-order valence-electron chi connectivity index (χ2n) is 5.86. The van der Waals surface area contributed by atoms with Crippen LogP contribution in [0.3, 0.4) is 0 Å². The molecular weight excluding hydrogens is 250 g/mol. The van der Waals surface area contributed by atoms with Crippen LogP contribution >= 0.6 is 0 Å². The van der Waals surface area contributed by atoms with Crippen molar-refractivity contribution < 1.29 is 4.74 Å².